The normalized spacial score (nSPS) is 23.8. The maximum absolute atomic E-state index is 9.61. The van der Waals surface area contributed by atoms with Crippen molar-refractivity contribution in [2.45, 2.75) is 20.0 Å². The Hall–Kier alpha value is -1.22. The maximum atomic E-state index is 9.61. The van der Waals surface area contributed by atoms with Gasteiger partial charge in [-0.1, -0.05) is 12.2 Å². The van der Waals surface area contributed by atoms with Crippen molar-refractivity contribution in [1.82, 2.24) is 4.90 Å². The number of hydrogen-bond acceptors (Lipinski definition) is 3. The number of rotatable bonds is 3. The lowest BCUT2D eigenvalue weighted by Gasteiger charge is -2.20. The molecule has 0 spiro atoms. The van der Waals surface area contributed by atoms with E-state index >= 15 is 0 Å². The van der Waals surface area contributed by atoms with Gasteiger partial charge >= 0.3 is 0 Å². The fraction of sp³-hybridized carbons (Fsp3) is 0.455. The van der Waals surface area contributed by atoms with Crippen molar-refractivity contribution in [3.8, 4) is 0 Å². The molecule has 1 aliphatic carbocycles. The van der Waals surface area contributed by atoms with E-state index in [1.54, 1.807) is 6.08 Å². The summed E-state index contributed by atoms with van der Waals surface area (Å²) in [5.41, 5.74) is 0.730. The Balaban J connectivity index is 2.78. The number of hydrogen-bond donors (Lipinski definition) is 2. The summed E-state index contributed by atoms with van der Waals surface area (Å²) in [7, 11) is 0. The largest absolute Gasteiger partial charge is 0.509 e. The van der Waals surface area contributed by atoms with Gasteiger partial charge in [0.1, 0.15) is 11.9 Å². The summed E-state index contributed by atoms with van der Waals surface area (Å²) >= 11 is 0. The molecule has 3 nitrogen and oxygen atoms in total. The molecule has 1 aliphatic rings. The Morgan fingerprint density at radius 2 is 2.07 bits per heavy atom. The molecule has 0 amide bonds. The molecule has 0 aliphatic heterocycles. The number of allylic oxidation sites excluding steroid dienone is 2. The molecule has 1 atom stereocenters. The second kappa shape index (κ2) is 4.86. The van der Waals surface area contributed by atoms with Gasteiger partial charge in [0, 0.05) is 24.9 Å². The van der Waals surface area contributed by atoms with Gasteiger partial charge in [-0.25, -0.2) is 0 Å². The first kappa shape index (κ1) is 10.9. The van der Waals surface area contributed by atoms with Crippen LogP contribution in [0.25, 0.3) is 0 Å². The minimum atomic E-state index is -0.874. The van der Waals surface area contributed by atoms with E-state index in [9.17, 15) is 10.2 Å². The maximum Gasteiger partial charge on any atom is 0.137 e. The molecule has 14 heavy (non-hydrogen) atoms. The van der Waals surface area contributed by atoms with Gasteiger partial charge in [-0.2, -0.15) is 0 Å². The first-order valence-electron chi connectivity index (χ1n) is 4.90. The van der Waals surface area contributed by atoms with E-state index in [4.69, 9.17) is 0 Å². The molecule has 2 N–H and O–H groups in total. The molecule has 0 bridgehead atoms. The van der Waals surface area contributed by atoms with Crippen LogP contribution in [0.3, 0.4) is 0 Å². The van der Waals surface area contributed by atoms with E-state index in [-0.39, 0.29) is 5.76 Å². The fourth-order valence-corrected chi connectivity index (χ4v) is 1.34. The van der Waals surface area contributed by atoms with Gasteiger partial charge in [0.2, 0.25) is 0 Å². The van der Waals surface area contributed by atoms with Gasteiger partial charge < -0.3 is 15.1 Å². The van der Waals surface area contributed by atoms with Crippen molar-refractivity contribution >= 4 is 0 Å². The van der Waals surface area contributed by atoms with E-state index in [2.05, 4.69) is 18.7 Å². The van der Waals surface area contributed by atoms with Crippen LogP contribution in [0.15, 0.2) is 35.8 Å². The van der Waals surface area contributed by atoms with E-state index in [1.165, 1.54) is 6.08 Å². The van der Waals surface area contributed by atoms with E-state index in [0.29, 0.717) is 0 Å². The zero-order valence-corrected chi connectivity index (χ0v) is 8.64. The second-order valence-corrected chi connectivity index (χ2v) is 3.20. The summed E-state index contributed by atoms with van der Waals surface area (Å²) < 4.78 is 0. The van der Waals surface area contributed by atoms with Crippen LogP contribution >= 0.6 is 0 Å². The molecule has 0 aromatic heterocycles. The van der Waals surface area contributed by atoms with Crippen molar-refractivity contribution < 1.29 is 10.2 Å². The van der Waals surface area contributed by atoms with Crippen LogP contribution in [0, 0.1) is 0 Å². The highest BCUT2D eigenvalue weighted by Crippen LogP contribution is 2.17. The minimum absolute atomic E-state index is 0.00547. The predicted octanol–water partition coefficient (Wildman–Crippen LogP) is 1.58. The van der Waals surface area contributed by atoms with Gasteiger partial charge in [-0.15, -0.1) is 0 Å². The lowest BCUT2D eigenvalue weighted by atomic mass is 10.0. The van der Waals surface area contributed by atoms with Crippen LogP contribution < -0.4 is 0 Å². The molecule has 0 fully saturated rings. The smallest absolute Gasteiger partial charge is 0.137 e. The van der Waals surface area contributed by atoms with Crippen LogP contribution in [-0.4, -0.2) is 34.3 Å². The van der Waals surface area contributed by atoms with Crippen LogP contribution in [-0.2, 0) is 0 Å². The predicted molar refractivity (Wildman–Crippen MR) is 56.9 cm³/mol. The van der Waals surface area contributed by atoms with Crippen molar-refractivity contribution in [2.24, 2.45) is 0 Å². The van der Waals surface area contributed by atoms with Gasteiger partial charge in [0.05, 0.1) is 0 Å². The van der Waals surface area contributed by atoms with Crippen molar-refractivity contribution in [2.75, 3.05) is 13.1 Å². The number of nitrogens with zero attached hydrogens (tertiary/aromatic N) is 1. The van der Waals surface area contributed by atoms with E-state index in [1.807, 2.05) is 12.3 Å². The summed E-state index contributed by atoms with van der Waals surface area (Å²) in [6.07, 6.45) is 6.05. The summed E-state index contributed by atoms with van der Waals surface area (Å²) in [5.74, 6) is 0.00547. The molecular weight excluding hydrogens is 178 g/mol. The third-order valence-corrected chi connectivity index (χ3v) is 2.30. The lowest BCUT2D eigenvalue weighted by molar-refractivity contribution is 0.182. The Bertz CT molecular complexity index is 275. The van der Waals surface area contributed by atoms with E-state index < -0.39 is 6.10 Å². The molecular formula is C11H17NO2. The Kier molecular flexibility index (Phi) is 3.77. The fourth-order valence-electron chi connectivity index (χ4n) is 1.34. The molecule has 3 heteroatoms. The Morgan fingerprint density at radius 1 is 1.43 bits per heavy atom. The average Bonchev–Trinajstić information content (AvgIpc) is 2.20. The number of aliphatic hydroxyl groups excluding tert-OH is 2. The van der Waals surface area contributed by atoms with E-state index in [0.717, 1.165) is 18.7 Å². The van der Waals surface area contributed by atoms with Gasteiger partial charge in [-0.05, 0) is 19.9 Å². The van der Waals surface area contributed by atoms with Crippen molar-refractivity contribution in [1.29, 1.82) is 0 Å². The van der Waals surface area contributed by atoms with Gasteiger partial charge in [0.25, 0.3) is 0 Å². The molecule has 1 unspecified atom stereocenters. The molecule has 0 radical (unpaired) electrons. The molecule has 0 heterocycles. The molecule has 1 rings (SSSR count). The zero-order chi connectivity index (χ0) is 10.6. The average molecular weight is 195 g/mol. The summed E-state index contributed by atoms with van der Waals surface area (Å²) in [6, 6.07) is 0. The van der Waals surface area contributed by atoms with Crippen LogP contribution in [0.4, 0.5) is 0 Å². The Morgan fingerprint density at radius 3 is 2.64 bits per heavy atom. The van der Waals surface area contributed by atoms with Crippen molar-refractivity contribution in [3.05, 3.63) is 35.8 Å². The first-order valence-corrected chi connectivity index (χ1v) is 4.90. The number of aliphatic hydroxyl groups is 2. The highest BCUT2D eigenvalue weighted by Gasteiger charge is 2.16. The topological polar surface area (TPSA) is 43.7 Å². The van der Waals surface area contributed by atoms with Crippen LogP contribution in [0.2, 0.25) is 0 Å². The quantitative estimate of drug-likeness (QED) is 0.718. The van der Waals surface area contributed by atoms with Gasteiger partial charge in [-0.3, -0.25) is 0 Å². The van der Waals surface area contributed by atoms with Gasteiger partial charge in [0.15, 0.2) is 0 Å². The zero-order valence-electron chi connectivity index (χ0n) is 8.64. The monoisotopic (exact) mass is 195 g/mol. The molecule has 0 saturated carbocycles. The highest BCUT2D eigenvalue weighted by atomic mass is 16.3. The second-order valence-electron chi connectivity index (χ2n) is 3.20. The third-order valence-electron chi connectivity index (χ3n) is 2.30. The van der Waals surface area contributed by atoms with Crippen molar-refractivity contribution in [3.63, 3.8) is 0 Å². The summed E-state index contributed by atoms with van der Waals surface area (Å²) in [4.78, 5) is 2.07. The SMILES string of the molecule is CCN(C=C1C=CC=C(O)C1O)CC. The first-order chi connectivity index (χ1) is 6.69. The summed E-state index contributed by atoms with van der Waals surface area (Å²) in [5, 5.41) is 18.9. The Labute approximate surface area is 84.7 Å². The third kappa shape index (κ3) is 2.39. The molecule has 0 aromatic carbocycles. The molecule has 0 aromatic rings. The lowest BCUT2D eigenvalue weighted by Crippen LogP contribution is -2.21. The summed E-state index contributed by atoms with van der Waals surface area (Å²) in [6.45, 7) is 5.89. The molecule has 0 saturated heterocycles. The highest BCUT2D eigenvalue weighted by molar-refractivity contribution is 5.36. The minimum Gasteiger partial charge on any atom is -0.509 e. The van der Waals surface area contributed by atoms with Crippen LogP contribution in [0.5, 0.6) is 0 Å². The van der Waals surface area contributed by atoms with Crippen LogP contribution in [0.1, 0.15) is 13.8 Å². The molecule has 78 valence electrons. The standard InChI is InChI=1S/C11H17NO2/c1-3-12(4-2)8-9-6-5-7-10(13)11(9)14/h5-8,11,13-14H,3-4H2,1-2H3.